The summed E-state index contributed by atoms with van der Waals surface area (Å²) in [6.07, 6.45) is -0.503. The topological polar surface area (TPSA) is 91.4 Å². The second-order valence-corrected chi connectivity index (χ2v) is 4.56. The number of hydrogen-bond acceptors (Lipinski definition) is 3. The van der Waals surface area contributed by atoms with Crippen LogP contribution < -0.4 is 11.1 Å². The Morgan fingerprint density at radius 3 is 3.05 bits per heavy atom. The van der Waals surface area contributed by atoms with E-state index in [1.165, 1.54) is 0 Å². The number of amidine groups is 1. The van der Waals surface area contributed by atoms with E-state index in [1.807, 2.05) is 31.2 Å². The van der Waals surface area contributed by atoms with E-state index >= 15 is 0 Å². The monoisotopic (exact) mass is 262 g/mol. The molecule has 0 bridgehead atoms. The first-order chi connectivity index (χ1) is 9.06. The number of amides is 2. The largest absolute Gasteiger partial charge is 0.385 e. The van der Waals surface area contributed by atoms with E-state index in [-0.39, 0.29) is 11.9 Å². The van der Waals surface area contributed by atoms with Gasteiger partial charge in [-0.05, 0) is 24.6 Å². The molecule has 1 aliphatic heterocycles. The van der Waals surface area contributed by atoms with Crippen molar-refractivity contribution in [2.75, 3.05) is 25.0 Å². The van der Waals surface area contributed by atoms with Crippen LogP contribution in [0.5, 0.6) is 0 Å². The van der Waals surface area contributed by atoms with Crippen molar-refractivity contribution in [2.45, 2.75) is 13.0 Å². The molecule has 1 atom stereocenters. The van der Waals surface area contributed by atoms with E-state index in [0.717, 1.165) is 11.3 Å². The van der Waals surface area contributed by atoms with Crippen LogP contribution in [0.2, 0.25) is 0 Å². The Balaban J connectivity index is 1.98. The summed E-state index contributed by atoms with van der Waals surface area (Å²) in [5.74, 6) is -0.0481. The van der Waals surface area contributed by atoms with Gasteiger partial charge in [0.05, 0.1) is 13.2 Å². The molecule has 19 heavy (non-hydrogen) atoms. The standard InChI is InChI=1S/C13H18N4O2/c1-9-3-2-4-10(7-9)16-13(18)17-5-6-19-11(8-17)12(14)15/h2-4,7,11H,5-6,8H2,1H3,(H3,14,15)(H,16,18). The highest BCUT2D eigenvalue weighted by atomic mass is 16.5. The molecule has 1 saturated heterocycles. The number of carbonyl (C=O) groups excluding carboxylic acids is 1. The van der Waals surface area contributed by atoms with Gasteiger partial charge in [-0.1, -0.05) is 12.1 Å². The summed E-state index contributed by atoms with van der Waals surface area (Å²) in [6.45, 7) is 3.18. The van der Waals surface area contributed by atoms with Crippen molar-refractivity contribution in [3.05, 3.63) is 29.8 Å². The van der Waals surface area contributed by atoms with Crippen LogP contribution in [0.1, 0.15) is 5.56 Å². The summed E-state index contributed by atoms with van der Waals surface area (Å²) in [6, 6.07) is 7.41. The zero-order valence-electron chi connectivity index (χ0n) is 10.8. The lowest BCUT2D eigenvalue weighted by Gasteiger charge is -2.32. The van der Waals surface area contributed by atoms with Crippen molar-refractivity contribution in [1.29, 1.82) is 5.41 Å². The third-order valence-electron chi connectivity index (χ3n) is 2.97. The zero-order chi connectivity index (χ0) is 13.8. The van der Waals surface area contributed by atoms with Gasteiger partial charge in [0.2, 0.25) is 0 Å². The van der Waals surface area contributed by atoms with Gasteiger partial charge < -0.3 is 20.7 Å². The predicted molar refractivity (Wildman–Crippen MR) is 73.4 cm³/mol. The van der Waals surface area contributed by atoms with E-state index in [9.17, 15) is 4.79 Å². The summed E-state index contributed by atoms with van der Waals surface area (Å²) in [5.41, 5.74) is 7.25. The summed E-state index contributed by atoms with van der Waals surface area (Å²) in [5, 5.41) is 10.2. The average molecular weight is 262 g/mol. The van der Waals surface area contributed by atoms with Crippen molar-refractivity contribution in [3.63, 3.8) is 0 Å². The summed E-state index contributed by atoms with van der Waals surface area (Å²) in [4.78, 5) is 13.7. The molecule has 1 aromatic rings. The maximum absolute atomic E-state index is 12.1. The average Bonchev–Trinajstić information content (AvgIpc) is 2.39. The molecule has 1 unspecified atom stereocenters. The summed E-state index contributed by atoms with van der Waals surface area (Å²) < 4.78 is 5.32. The van der Waals surface area contributed by atoms with Crippen molar-refractivity contribution < 1.29 is 9.53 Å². The predicted octanol–water partition coefficient (Wildman–Crippen LogP) is 1.16. The number of nitrogens with zero attached hydrogens (tertiary/aromatic N) is 1. The van der Waals surface area contributed by atoms with Crippen molar-refractivity contribution in [2.24, 2.45) is 5.73 Å². The highest BCUT2D eigenvalue weighted by Crippen LogP contribution is 2.12. The van der Waals surface area contributed by atoms with Crippen LogP contribution in [-0.2, 0) is 4.74 Å². The SMILES string of the molecule is Cc1cccc(NC(=O)N2CCOC(C(=N)N)C2)c1. The van der Waals surface area contributed by atoms with Crippen molar-refractivity contribution >= 4 is 17.6 Å². The molecule has 0 spiro atoms. The number of hydrogen-bond donors (Lipinski definition) is 3. The first-order valence-corrected chi connectivity index (χ1v) is 6.14. The molecule has 1 heterocycles. The summed E-state index contributed by atoms with van der Waals surface area (Å²) >= 11 is 0. The molecule has 1 fully saturated rings. The van der Waals surface area contributed by atoms with Crippen LogP contribution in [0, 0.1) is 12.3 Å². The molecule has 0 aliphatic carbocycles. The second-order valence-electron chi connectivity index (χ2n) is 4.56. The van der Waals surface area contributed by atoms with Gasteiger partial charge in [0.15, 0.2) is 0 Å². The highest BCUT2D eigenvalue weighted by Gasteiger charge is 2.25. The van der Waals surface area contributed by atoms with E-state index < -0.39 is 6.10 Å². The Hall–Kier alpha value is -2.08. The molecule has 0 aromatic heterocycles. The number of urea groups is 1. The number of aryl methyl sites for hydroxylation is 1. The van der Waals surface area contributed by atoms with Crippen LogP contribution in [-0.4, -0.2) is 42.6 Å². The molecule has 1 aromatic carbocycles. The van der Waals surface area contributed by atoms with Crippen LogP contribution >= 0.6 is 0 Å². The van der Waals surface area contributed by atoms with E-state index in [4.69, 9.17) is 15.9 Å². The molecule has 6 nitrogen and oxygen atoms in total. The van der Waals surface area contributed by atoms with E-state index in [1.54, 1.807) is 4.90 Å². The fraction of sp³-hybridized carbons (Fsp3) is 0.385. The van der Waals surface area contributed by atoms with Crippen LogP contribution in [0.4, 0.5) is 10.5 Å². The number of ether oxygens (including phenoxy) is 1. The first kappa shape index (κ1) is 13.4. The number of nitrogens with two attached hydrogens (primary N) is 1. The number of anilines is 1. The fourth-order valence-corrected chi connectivity index (χ4v) is 1.95. The van der Waals surface area contributed by atoms with Gasteiger partial charge in [0.25, 0.3) is 0 Å². The van der Waals surface area contributed by atoms with Gasteiger partial charge >= 0.3 is 6.03 Å². The number of nitrogens with one attached hydrogen (secondary N) is 2. The number of carbonyl (C=O) groups is 1. The quantitative estimate of drug-likeness (QED) is 0.551. The Morgan fingerprint density at radius 2 is 2.37 bits per heavy atom. The zero-order valence-corrected chi connectivity index (χ0v) is 10.8. The van der Waals surface area contributed by atoms with Crippen molar-refractivity contribution in [1.82, 2.24) is 4.90 Å². The van der Waals surface area contributed by atoms with Gasteiger partial charge in [0, 0.05) is 12.2 Å². The lowest BCUT2D eigenvalue weighted by molar-refractivity contribution is 0.0234. The lowest BCUT2D eigenvalue weighted by Crippen LogP contribution is -2.51. The normalized spacial score (nSPS) is 19.0. The fourth-order valence-electron chi connectivity index (χ4n) is 1.95. The van der Waals surface area contributed by atoms with Crippen LogP contribution in [0.3, 0.4) is 0 Å². The molecule has 0 saturated carbocycles. The van der Waals surface area contributed by atoms with Crippen LogP contribution in [0.15, 0.2) is 24.3 Å². The Labute approximate surface area is 112 Å². The summed E-state index contributed by atoms with van der Waals surface area (Å²) in [7, 11) is 0. The van der Waals surface area contributed by atoms with Gasteiger partial charge in [-0.25, -0.2) is 4.79 Å². The maximum Gasteiger partial charge on any atom is 0.322 e. The Kier molecular flexibility index (Phi) is 4.01. The highest BCUT2D eigenvalue weighted by molar-refractivity contribution is 5.90. The third-order valence-corrected chi connectivity index (χ3v) is 2.97. The van der Waals surface area contributed by atoms with Gasteiger partial charge in [-0.3, -0.25) is 5.41 Å². The number of rotatable bonds is 2. The first-order valence-electron chi connectivity index (χ1n) is 6.14. The second kappa shape index (κ2) is 5.71. The van der Waals surface area contributed by atoms with Crippen molar-refractivity contribution in [3.8, 4) is 0 Å². The van der Waals surface area contributed by atoms with Gasteiger partial charge in [-0.15, -0.1) is 0 Å². The molecule has 2 amide bonds. The molecule has 2 rings (SSSR count). The van der Waals surface area contributed by atoms with E-state index in [0.29, 0.717) is 19.7 Å². The number of benzene rings is 1. The Morgan fingerprint density at radius 1 is 1.58 bits per heavy atom. The molecule has 4 N–H and O–H groups in total. The smallest absolute Gasteiger partial charge is 0.322 e. The molecule has 102 valence electrons. The molecular formula is C13H18N4O2. The molecule has 1 aliphatic rings. The third kappa shape index (κ3) is 3.45. The minimum absolute atomic E-state index is 0.0481. The van der Waals surface area contributed by atoms with Crippen LogP contribution in [0.25, 0.3) is 0 Å². The van der Waals surface area contributed by atoms with Gasteiger partial charge in [0.1, 0.15) is 11.9 Å². The minimum Gasteiger partial charge on any atom is -0.385 e. The maximum atomic E-state index is 12.1. The van der Waals surface area contributed by atoms with Gasteiger partial charge in [-0.2, -0.15) is 0 Å². The minimum atomic E-state index is -0.503. The lowest BCUT2D eigenvalue weighted by atomic mass is 10.2. The number of morpholine rings is 1. The van der Waals surface area contributed by atoms with E-state index in [2.05, 4.69) is 5.32 Å². The Bertz CT molecular complexity index is 489. The molecule has 6 heteroatoms. The molecular weight excluding hydrogens is 244 g/mol. The molecule has 0 radical (unpaired) electrons.